The van der Waals surface area contributed by atoms with E-state index in [9.17, 15) is 4.79 Å². The molecule has 0 bridgehead atoms. The van der Waals surface area contributed by atoms with Crippen LogP contribution in [0.3, 0.4) is 0 Å². The number of nitrogens with one attached hydrogen (secondary N) is 1. The molecule has 34 heavy (non-hydrogen) atoms. The Morgan fingerprint density at radius 2 is 2.03 bits per heavy atom. The van der Waals surface area contributed by atoms with E-state index < -0.39 is 0 Å². The van der Waals surface area contributed by atoms with Crippen LogP contribution in [0.15, 0.2) is 48.8 Å². The number of carbonyl (C=O) groups is 1. The Morgan fingerprint density at radius 1 is 1.18 bits per heavy atom. The van der Waals surface area contributed by atoms with Gasteiger partial charge in [-0.1, -0.05) is 0 Å². The fraction of sp³-hybridized carbons (Fsp3) is 0.167. The first kappa shape index (κ1) is 21.1. The van der Waals surface area contributed by atoms with Crippen molar-refractivity contribution in [1.29, 1.82) is 5.26 Å². The summed E-state index contributed by atoms with van der Waals surface area (Å²) in [5.74, 6) is 0.892. The van der Waals surface area contributed by atoms with Gasteiger partial charge in [-0.15, -0.1) is 10.2 Å². The first-order valence-corrected chi connectivity index (χ1v) is 10.6. The molecule has 1 aliphatic rings. The van der Waals surface area contributed by atoms with Crippen LogP contribution in [-0.4, -0.2) is 49.4 Å². The predicted molar refractivity (Wildman–Crippen MR) is 129 cm³/mol. The van der Waals surface area contributed by atoms with Gasteiger partial charge in [0.05, 0.1) is 17.5 Å². The highest BCUT2D eigenvalue weighted by molar-refractivity contribution is 5.95. The van der Waals surface area contributed by atoms with Gasteiger partial charge in [0, 0.05) is 54.7 Å². The number of nitriles is 1. The SMILES string of the molecule is Cc1ccncc1-c1cc(N)c2nnc(Nc3cc4n(n3)CC(=O)N(C)C/C4=C\C#N)cc2c1. The van der Waals surface area contributed by atoms with Gasteiger partial charge in [0.15, 0.2) is 11.6 Å². The maximum Gasteiger partial charge on any atom is 0.244 e. The number of hydrogen-bond donors (Lipinski definition) is 2. The average Bonchev–Trinajstić information content (AvgIpc) is 3.16. The van der Waals surface area contributed by atoms with Gasteiger partial charge < -0.3 is 16.0 Å². The van der Waals surface area contributed by atoms with E-state index in [2.05, 4.69) is 25.6 Å². The normalized spacial score (nSPS) is 14.7. The average molecular weight is 451 g/mol. The van der Waals surface area contributed by atoms with Crippen molar-refractivity contribution in [1.82, 2.24) is 29.9 Å². The van der Waals surface area contributed by atoms with Crippen molar-refractivity contribution in [2.45, 2.75) is 13.5 Å². The largest absolute Gasteiger partial charge is 0.397 e. The number of nitrogens with zero attached hydrogens (tertiary/aromatic N) is 7. The second kappa shape index (κ2) is 8.29. The van der Waals surface area contributed by atoms with Crippen molar-refractivity contribution in [3.63, 3.8) is 0 Å². The van der Waals surface area contributed by atoms with Crippen LogP contribution in [0.5, 0.6) is 0 Å². The zero-order valence-corrected chi connectivity index (χ0v) is 18.6. The second-order valence-corrected chi connectivity index (χ2v) is 8.17. The van der Waals surface area contributed by atoms with Gasteiger partial charge in [0.1, 0.15) is 12.1 Å². The molecular weight excluding hydrogens is 430 g/mol. The second-order valence-electron chi connectivity index (χ2n) is 8.17. The number of likely N-dealkylation sites (N-methyl/N-ethyl adjacent to an activating group) is 1. The minimum Gasteiger partial charge on any atom is -0.397 e. The van der Waals surface area contributed by atoms with Crippen LogP contribution in [0.4, 0.5) is 17.3 Å². The minimum absolute atomic E-state index is 0.0866. The van der Waals surface area contributed by atoms with Gasteiger partial charge in [-0.25, -0.2) is 0 Å². The van der Waals surface area contributed by atoms with E-state index in [1.807, 2.05) is 43.5 Å². The number of aryl methyl sites for hydroxylation is 1. The number of fused-ring (bicyclic) bond motifs is 2. The van der Waals surface area contributed by atoms with Crippen LogP contribution in [0.1, 0.15) is 11.3 Å². The Morgan fingerprint density at radius 3 is 2.82 bits per heavy atom. The molecule has 0 saturated carbocycles. The van der Waals surface area contributed by atoms with E-state index in [1.165, 1.54) is 6.08 Å². The number of allylic oxidation sites excluding steroid dienone is 1. The fourth-order valence-corrected chi connectivity index (χ4v) is 4.03. The van der Waals surface area contributed by atoms with Crippen molar-refractivity contribution >= 4 is 39.7 Å². The number of benzene rings is 1. The van der Waals surface area contributed by atoms with Crippen molar-refractivity contribution in [3.05, 3.63) is 60.1 Å². The highest BCUT2D eigenvalue weighted by Crippen LogP contribution is 2.31. The number of nitrogen functional groups attached to an aromatic ring is 1. The number of rotatable bonds is 3. The minimum atomic E-state index is -0.0866. The van der Waals surface area contributed by atoms with Crippen LogP contribution in [0, 0.1) is 18.3 Å². The number of hydrogen-bond acceptors (Lipinski definition) is 8. The summed E-state index contributed by atoms with van der Waals surface area (Å²) in [6, 6.07) is 11.5. The maximum atomic E-state index is 12.3. The molecule has 0 atom stereocenters. The van der Waals surface area contributed by atoms with Crippen molar-refractivity contribution < 1.29 is 4.79 Å². The van der Waals surface area contributed by atoms with E-state index in [0.717, 1.165) is 22.1 Å². The predicted octanol–water partition coefficient (Wildman–Crippen LogP) is 2.90. The quantitative estimate of drug-likeness (QED) is 0.358. The van der Waals surface area contributed by atoms with Crippen LogP contribution in [-0.2, 0) is 11.3 Å². The highest BCUT2D eigenvalue weighted by Gasteiger charge is 2.23. The van der Waals surface area contributed by atoms with Crippen molar-refractivity contribution in [2.24, 2.45) is 0 Å². The zero-order valence-electron chi connectivity index (χ0n) is 18.6. The third kappa shape index (κ3) is 3.80. The molecule has 0 saturated heterocycles. The van der Waals surface area contributed by atoms with Gasteiger partial charge in [0.2, 0.25) is 5.91 Å². The van der Waals surface area contributed by atoms with Gasteiger partial charge in [-0.3, -0.25) is 14.5 Å². The molecule has 0 fully saturated rings. The molecule has 10 heteroatoms. The van der Waals surface area contributed by atoms with Crippen LogP contribution >= 0.6 is 0 Å². The first-order valence-electron chi connectivity index (χ1n) is 10.6. The summed E-state index contributed by atoms with van der Waals surface area (Å²) in [5, 5.41) is 26.2. The number of aromatic nitrogens is 5. The molecule has 5 rings (SSSR count). The molecule has 168 valence electrons. The van der Waals surface area contributed by atoms with E-state index in [4.69, 9.17) is 11.0 Å². The van der Waals surface area contributed by atoms with Crippen molar-refractivity contribution in [2.75, 3.05) is 24.6 Å². The molecule has 4 aromatic rings. The van der Waals surface area contributed by atoms with Gasteiger partial charge in [-0.2, -0.15) is 10.4 Å². The van der Waals surface area contributed by atoms with Crippen LogP contribution in [0.25, 0.3) is 27.6 Å². The van der Waals surface area contributed by atoms with Crippen LogP contribution < -0.4 is 11.1 Å². The summed E-state index contributed by atoms with van der Waals surface area (Å²) in [7, 11) is 1.71. The molecule has 3 aromatic heterocycles. The topological polar surface area (TPSA) is 139 Å². The summed E-state index contributed by atoms with van der Waals surface area (Å²) >= 11 is 0. The maximum absolute atomic E-state index is 12.3. The first-order chi connectivity index (χ1) is 16.4. The Hall–Kier alpha value is -4.78. The third-order valence-electron chi connectivity index (χ3n) is 5.79. The summed E-state index contributed by atoms with van der Waals surface area (Å²) in [4.78, 5) is 18.1. The number of anilines is 3. The lowest BCUT2D eigenvalue weighted by Crippen LogP contribution is -2.28. The summed E-state index contributed by atoms with van der Waals surface area (Å²) < 4.78 is 1.59. The van der Waals surface area contributed by atoms with E-state index in [0.29, 0.717) is 40.7 Å². The number of nitrogens with two attached hydrogens (primary N) is 1. The third-order valence-corrected chi connectivity index (χ3v) is 5.79. The smallest absolute Gasteiger partial charge is 0.244 e. The molecule has 0 spiro atoms. The molecule has 3 N–H and O–H groups in total. The van der Waals surface area contributed by atoms with Gasteiger partial charge >= 0.3 is 0 Å². The van der Waals surface area contributed by atoms with Gasteiger partial charge in [0.25, 0.3) is 0 Å². The zero-order chi connectivity index (χ0) is 23.8. The molecular formula is C24H21N9O. The number of amides is 1. The molecule has 1 amide bonds. The Kier molecular flexibility index (Phi) is 5.14. The summed E-state index contributed by atoms with van der Waals surface area (Å²) in [6.45, 7) is 2.45. The molecule has 1 aromatic carbocycles. The molecule has 1 aliphatic heterocycles. The molecule has 0 radical (unpaired) electrons. The standard InChI is InChI=1S/C24H21N9O/c1-14-4-6-27-11-18(14)16-7-17-9-21(29-30-24(17)19(26)8-16)28-22-10-20-15(3-5-25)12-32(2)23(34)13-33(20)31-22/h3-4,6-11H,12-13,26H2,1-2H3,(H,28,29,31)/b15-3+. The van der Waals surface area contributed by atoms with E-state index in [1.54, 1.807) is 28.9 Å². The number of pyridine rings is 1. The lowest BCUT2D eigenvalue weighted by Gasteiger charge is -2.13. The Labute approximate surface area is 195 Å². The Balaban J connectivity index is 1.51. The summed E-state index contributed by atoms with van der Waals surface area (Å²) in [6.07, 6.45) is 5.01. The molecule has 4 heterocycles. The summed E-state index contributed by atoms with van der Waals surface area (Å²) in [5.41, 5.74) is 11.8. The monoisotopic (exact) mass is 451 g/mol. The van der Waals surface area contributed by atoms with Crippen LogP contribution in [0.2, 0.25) is 0 Å². The fourth-order valence-electron chi connectivity index (χ4n) is 4.03. The molecule has 0 unspecified atom stereocenters. The lowest BCUT2D eigenvalue weighted by atomic mass is 10.0. The highest BCUT2D eigenvalue weighted by atomic mass is 16.2. The van der Waals surface area contributed by atoms with Gasteiger partial charge in [-0.05, 0) is 42.3 Å². The molecule has 10 nitrogen and oxygen atoms in total. The van der Waals surface area contributed by atoms with Crippen molar-refractivity contribution in [3.8, 4) is 17.2 Å². The van der Waals surface area contributed by atoms with E-state index in [-0.39, 0.29) is 12.5 Å². The Bertz CT molecular complexity index is 1510. The van der Waals surface area contributed by atoms with E-state index >= 15 is 0 Å². The lowest BCUT2D eigenvalue weighted by molar-refractivity contribution is -0.129. The molecule has 0 aliphatic carbocycles. The number of carbonyl (C=O) groups excluding carboxylic acids is 1.